The van der Waals surface area contributed by atoms with Crippen molar-refractivity contribution < 1.29 is 19.0 Å². The summed E-state index contributed by atoms with van der Waals surface area (Å²) in [5, 5.41) is 0. The molecule has 0 aliphatic carbocycles. The van der Waals surface area contributed by atoms with Crippen LogP contribution in [0, 0.1) is 0 Å². The molecule has 1 unspecified atom stereocenters. The third kappa shape index (κ3) is 3.35. The van der Waals surface area contributed by atoms with Crippen molar-refractivity contribution in [3.8, 4) is 5.75 Å². The average molecular weight is 239 g/mol. The largest absolute Gasteiger partial charge is 0.496 e. The molecule has 0 radical (unpaired) electrons. The summed E-state index contributed by atoms with van der Waals surface area (Å²) in [6, 6.07) is 4.99. The normalized spacial score (nSPS) is 11.9. The third-order valence-corrected chi connectivity index (χ3v) is 2.33. The predicted octanol–water partition coefficient (Wildman–Crippen LogP) is 1.47. The molecule has 0 heterocycles. The van der Waals surface area contributed by atoms with Crippen molar-refractivity contribution in [1.82, 2.24) is 0 Å². The number of esters is 1. The quantitative estimate of drug-likeness (QED) is 0.622. The molecule has 0 bridgehead atoms. The van der Waals surface area contributed by atoms with Gasteiger partial charge in [0.2, 0.25) is 0 Å². The lowest BCUT2D eigenvalue weighted by Gasteiger charge is -2.13. The average Bonchev–Trinajstić information content (AvgIpc) is 2.34. The van der Waals surface area contributed by atoms with E-state index in [9.17, 15) is 4.79 Å². The van der Waals surface area contributed by atoms with Crippen LogP contribution in [0.3, 0.4) is 0 Å². The van der Waals surface area contributed by atoms with Gasteiger partial charge in [-0.2, -0.15) is 0 Å². The predicted molar refractivity (Wildman–Crippen MR) is 64.2 cm³/mol. The van der Waals surface area contributed by atoms with Gasteiger partial charge in [0.15, 0.2) is 0 Å². The van der Waals surface area contributed by atoms with E-state index in [0.29, 0.717) is 11.4 Å². The molecule has 0 saturated heterocycles. The van der Waals surface area contributed by atoms with Crippen molar-refractivity contribution in [2.45, 2.75) is 13.0 Å². The van der Waals surface area contributed by atoms with Crippen LogP contribution in [-0.2, 0) is 9.47 Å². The smallest absolute Gasteiger partial charge is 0.344 e. The van der Waals surface area contributed by atoms with Crippen molar-refractivity contribution in [2.75, 3.05) is 26.6 Å². The minimum atomic E-state index is -0.510. The molecule has 1 atom stereocenters. The molecular formula is C12H17NO4. The zero-order valence-electron chi connectivity index (χ0n) is 10.2. The van der Waals surface area contributed by atoms with E-state index < -0.39 is 5.97 Å². The highest BCUT2D eigenvalue weighted by molar-refractivity contribution is 5.98. The summed E-state index contributed by atoms with van der Waals surface area (Å²) in [6.45, 7) is 1.98. The second-order valence-electron chi connectivity index (χ2n) is 3.57. The number of benzene rings is 1. The molecule has 5 heteroatoms. The first-order chi connectivity index (χ1) is 8.10. The van der Waals surface area contributed by atoms with Gasteiger partial charge in [0.25, 0.3) is 0 Å². The van der Waals surface area contributed by atoms with Gasteiger partial charge in [0, 0.05) is 12.8 Å². The van der Waals surface area contributed by atoms with Gasteiger partial charge in [0.1, 0.15) is 17.9 Å². The zero-order chi connectivity index (χ0) is 12.8. The monoisotopic (exact) mass is 239 g/mol. The highest BCUT2D eigenvalue weighted by Gasteiger charge is 2.17. The second-order valence-corrected chi connectivity index (χ2v) is 3.57. The third-order valence-electron chi connectivity index (χ3n) is 2.33. The highest BCUT2D eigenvalue weighted by atomic mass is 16.6. The molecule has 1 aromatic carbocycles. The van der Waals surface area contributed by atoms with Gasteiger partial charge in [0.05, 0.1) is 13.2 Å². The first-order valence-corrected chi connectivity index (χ1v) is 5.22. The van der Waals surface area contributed by atoms with E-state index in [1.807, 2.05) is 0 Å². The van der Waals surface area contributed by atoms with Crippen molar-refractivity contribution in [3.63, 3.8) is 0 Å². The number of methoxy groups -OCH3 is 2. The number of hydrogen-bond acceptors (Lipinski definition) is 5. The molecule has 0 amide bonds. The molecule has 2 N–H and O–H groups in total. The summed E-state index contributed by atoms with van der Waals surface area (Å²) in [4.78, 5) is 11.8. The Morgan fingerprint density at radius 1 is 1.41 bits per heavy atom. The fraction of sp³-hybridized carbons (Fsp3) is 0.417. The minimum Gasteiger partial charge on any atom is -0.496 e. The number of anilines is 1. The van der Waals surface area contributed by atoms with E-state index in [1.54, 1.807) is 32.2 Å². The Hall–Kier alpha value is -1.75. The van der Waals surface area contributed by atoms with Gasteiger partial charge in [-0.3, -0.25) is 0 Å². The summed E-state index contributed by atoms with van der Waals surface area (Å²) >= 11 is 0. The first kappa shape index (κ1) is 13.3. The molecule has 1 rings (SSSR count). The fourth-order valence-corrected chi connectivity index (χ4v) is 1.27. The van der Waals surface area contributed by atoms with E-state index in [1.165, 1.54) is 7.11 Å². The van der Waals surface area contributed by atoms with Crippen LogP contribution in [0.1, 0.15) is 17.3 Å². The van der Waals surface area contributed by atoms with Crippen molar-refractivity contribution in [3.05, 3.63) is 23.8 Å². The second kappa shape index (κ2) is 6.10. The van der Waals surface area contributed by atoms with E-state index in [2.05, 4.69) is 0 Å². The van der Waals surface area contributed by atoms with Crippen LogP contribution < -0.4 is 10.5 Å². The highest BCUT2D eigenvalue weighted by Crippen LogP contribution is 2.24. The van der Waals surface area contributed by atoms with Gasteiger partial charge in [-0.15, -0.1) is 0 Å². The molecule has 0 aliphatic rings. The number of nitrogen functional groups attached to an aromatic ring is 1. The number of nitrogens with two attached hydrogens (primary N) is 1. The fourth-order valence-electron chi connectivity index (χ4n) is 1.27. The number of carbonyl (C=O) groups excluding carboxylic acids is 1. The Balaban J connectivity index is 2.81. The molecular weight excluding hydrogens is 222 g/mol. The summed E-state index contributed by atoms with van der Waals surface area (Å²) in [5.41, 5.74) is 6.31. The SMILES string of the molecule is COc1cccc(N)c1C(=O)OCC(C)OC. The molecule has 1 aromatic rings. The zero-order valence-corrected chi connectivity index (χ0v) is 10.2. The van der Waals surface area contributed by atoms with Crippen LogP contribution in [0.25, 0.3) is 0 Å². The van der Waals surface area contributed by atoms with Gasteiger partial charge in [-0.05, 0) is 19.1 Å². The van der Waals surface area contributed by atoms with Crippen molar-refractivity contribution >= 4 is 11.7 Å². The molecule has 17 heavy (non-hydrogen) atoms. The number of rotatable bonds is 5. The lowest BCUT2D eigenvalue weighted by Crippen LogP contribution is -2.18. The molecule has 5 nitrogen and oxygen atoms in total. The van der Waals surface area contributed by atoms with Gasteiger partial charge in [-0.1, -0.05) is 6.07 Å². The summed E-state index contributed by atoms with van der Waals surface area (Å²) in [6.07, 6.45) is -0.158. The molecule has 0 saturated carbocycles. The van der Waals surface area contributed by atoms with Crippen LogP contribution >= 0.6 is 0 Å². The Morgan fingerprint density at radius 3 is 2.71 bits per heavy atom. The summed E-state index contributed by atoms with van der Waals surface area (Å²) in [5.74, 6) is -0.107. The summed E-state index contributed by atoms with van der Waals surface area (Å²) < 4.78 is 15.1. The van der Waals surface area contributed by atoms with E-state index >= 15 is 0 Å². The van der Waals surface area contributed by atoms with Crippen LogP contribution in [0.2, 0.25) is 0 Å². The maximum Gasteiger partial charge on any atom is 0.344 e. The Morgan fingerprint density at radius 2 is 2.12 bits per heavy atom. The molecule has 0 aromatic heterocycles. The van der Waals surface area contributed by atoms with E-state index in [0.717, 1.165) is 0 Å². The molecule has 94 valence electrons. The standard InChI is InChI=1S/C12H17NO4/c1-8(15-2)7-17-12(14)11-9(13)5-4-6-10(11)16-3/h4-6,8H,7,13H2,1-3H3. The number of ether oxygens (including phenoxy) is 3. The maximum absolute atomic E-state index is 11.8. The number of hydrogen-bond donors (Lipinski definition) is 1. The maximum atomic E-state index is 11.8. The van der Waals surface area contributed by atoms with Gasteiger partial charge >= 0.3 is 5.97 Å². The van der Waals surface area contributed by atoms with Crippen molar-refractivity contribution in [2.24, 2.45) is 0 Å². The first-order valence-electron chi connectivity index (χ1n) is 5.22. The van der Waals surface area contributed by atoms with Crippen LogP contribution in [-0.4, -0.2) is 32.9 Å². The van der Waals surface area contributed by atoms with Crippen molar-refractivity contribution in [1.29, 1.82) is 0 Å². The lowest BCUT2D eigenvalue weighted by molar-refractivity contribution is 0.0167. The Bertz CT molecular complexity index is 392. The number of carbonyl (C=O) groups is 1. The Labute approximate surface area is 100 Å². The van der Waals surface area contributed by atoms with E-state index in [4.69, 9.17) is 19.9 Å². The van der Waals surface area contributed by atoms with Crippen LogP contribution in [0.15, 0.2) is 18.2 Å². The molecule has 0 fully saturated rings. The topological polar surface area (TPSA) is 70.8 Å². The minimum absolute atomic E-state index is 0.158. The van der Waals surface area contributed by atoms with E-state index in [-0.39, 0.29) is 18.3 Å². The van der Waals surface area contributed by atoms with Crippen LogP contribution in [0.4, 0.5) is 5.69 Å². The van der Waals surface area contributed by atoms with Gasteiger partial charge < -0.3 is 19.9 Å². The molecule has 0 spiro atoms. The Kier molecular flexibility index (Phi) is 4.78. The molecule has 0 aliphatic heterocycles. The van der Waals surface area contributed by atoms with Crippen LogP contribution in [0.5, 0.6) is 5.75 Å². The summed E-state index contributed by atoms with van der Waals surface area (Å²) in [7, 11) is 3.03. The van der Waals surface area contributed by atoms with Gasteiger partial charge in [-0.25, -0.2) is 4.79 Å². The lowest BCUT2D eigenvalue weighted by atomic mass is 10.1.